The fraction of sp³-hybridized carbons (Fsp3) is 0.118. The van der Waals surface area contributed by atoms with Crippen LogP contribution in [0.25, 0.3) is 22.2 Å². The van der Waals surface area contributed by atoms with Crippen molar-refractivity contribution in [3.05, 3.63) is 64.8 Å². The lowest BCUT2D eigenvalue weighted by Gasteiger charge is -2.07. The predicted octanol–water partition coefficient (Wildman–Crippen LogP) is 3.93. The Kier molecular flexibility index (Phi) is 4.20. The number of rotatable bonds is 1. The molecule has 0 saturated carbocycles. The summed E-state index contributed by atoms with van der Waals surface area (Å²) >= 11 is 0. The molecule has 0 radical (unpaired) electrons. The lowest BCUT2D eigenvalue weighted by Crippen LogP contribution is -2.04. The van der Waals surface area contributed by atoms with E-state index >= 15 is 0 Å². The number of nitrogens with one attached hydrogen (secondary N) is 1. The summed E-state index contributed by atoms with van der Waals surface area (Å²) in [5.74, 6) is -0.236. The van der Waals surface area contributed by atoms with E-state index in [-0.39, 0.29) is 11.2 Å². The molecule has 0 aliphatic rings. The largest absolute Gasteiger partial charge is 0.503 e. The second-order valence-electron chi connectivity index (χ2n) is 4.09. The topological polar surface area (TPSA) is 53.1 Å². The van der Waals surface area contributed by atoms with Gasteiger partial charge in [-0.15, -0.1) is 0 Å². The molecule has 20 heavy (non-hydrogen) atoms. The van der Waals surface area contributed by atoms with Gasteiger partial charge in [0.05, 0.1) is 5.69 Å². The van der Waals surface area contributed by atoms with Crippen molar-refractivity contribution >= 4 is 10.9 Å². The Hall–Kier alpha value is -2.55. The molecule has 0 aliphatic carbocycles. The maximum atomic E-state index is 12.1. The number of hydrogen-bond acceptors (Lipinski definition) is 2. The Bertz CT molecular complexity index is 761. The van der Waals surface area contributed by atoms with Gasteiger partial charge in [0.1, 0.15) is 0 Å². The highest BCUT2D eigenvalue weighted by Gasteiger charge is 2.11. The molecule has 3 heteroatoms. The summed E-state index contributed by atoms with van der Waals surface area (Å²) in [6, 6.07) is 16.5. The number of para-hydroxylation sites is 1. The fourth-order valence-electron chi connectivity index (χ4n) is 2.04. The molecule has 0 bridgehead atoms. The number of aromatic nitrogens is 1. The van der Waals surface area contributed by atoms with E-state index in [2.05, 4.69) is 4.98 Å². The van der Waals surface area contributed by atoms with E-state index in [1.165, 1.54) is 0 Å². The summed E-state index contributed by atoms with van der Waals surface area (Å²) in [5.41, 5.74) is 1.62. The molecule has 0 saturated heterocycles. The predicted molar refractivity (Wildman–Crippen MR) is 83.0 cm³/mol. The highest BCUT2D eigenvalue weighted by molar-refractivity contribution is 5.84. The van der Waals surface area contributed by atoms with Crippen LogP contribution in [-0.2, 0) is 0 Å². The van der Waals surface area contributed by atoms with Gasteiger partial charge < -0.3 is 10.1 Å². The van der Waals surface area contributed by atoms with Gasteiger partial charge in [0, 0.05) is 16.5 Å². The molecule has 3 aromatic rings. The molecule has 0 atom stereocenters. The van der Waals surface area contributed by atoms with Gasteiger partial charge in [-0.1, -0.05) is 56.3 Å². The average molecular weight is 267 g/mol. The number of H-pyrrole nitrogens is 1. The van der Waals surface area contributed by atoms with Gasteiger partial charge in [0.15, 0.2) is 5.75 Å². The van der Waals surface area contributed by atoms with E-state index in [1.807, 2.05) is 56.3 Å². The van der Waals surface area contributed by atoms with E-state index in [9.17, 15) is 9.90 Å². The van der Waals surface area contributed by atoms with E-state index in [0.717, 1.165) is 11.1 Å². The molecule has 3 rings (SSSR count). The molecule has 0 spiro atoms. The number of fused-ring (bicyclic) bond motifs is 1. The maximum Gasteiger partial charge on any atom is 0.231 e. The zero-order valence-electron chi connectivity index (χ0n) is 11.6. The number of pyridine rings is 1. The second-order valence-corrected chi connectivity index (χ2v) is 4.09. The fourth-order valence-corrected chi connectivity index (χ4v) is 2.04. The third-order valence-corrected chi connectivity index (χ3v) is 2.95. The summed E-state index contributed by atoms with van der Waals surface area (Å²) in [6.07, 6.45) is 0. The molecule has 1 aromatic heterocycles. The first-order valence-corrected chi connectivity index (χ1v) is 6.67. The van der Waals surface area contributed by atoms with Crippen LogP contribution < -0.4 is 5.43 Å². The molecule has 102 valence electrons. The van der Waals surface area contributed by atoms with Crippen LogP contribution in [0.3, 0.4) is 0 Å². The molecule has 1 heterocycles. The minimum atomic E-state index is -0.344. The Morgan fingerprint density at radius 3 is 2.20 bits per heavy atom. The van der Waals surface area contributed by atoms with Crippen molar-refractivity contribution in [2.24, 2.45) is 0 Å². The van der Waals surface area contributed by atoms with Crippen molar-refractivity contribution < 1.29 is 5.11 Å². The van der Waals surface area contributed by atoms with Crippen molar-refractivity contribution in [2.75, 3.05) is 0 Å². The Morgan fingerprint density at radius 2 is 1.50 bits per heavy atom. The number of aromatic hydroxyl groups is 1. The first-order chi connectivity index (χ1) is 9.77. The van der Waals surface area contributed by atoms with Gasteiger partial charge in [0.25, 0.3) is 0 Å². The Morgan fingerprint density at radius 1 is 0.900 bits per heavy atom. The van der Waals surface area contributed by atoms with Crippen LogP contribution >= 0.6 is 0 Å². The summed E-state index contributed by atoms with van der Waals surface area (Å²) in [4.78, 5) is 15.2. The quantitative estimate of drug-likeness (QED) is 0.702. The zero-order chi connectivity index (χ0) is 14.5. The van der Waals surface area contributed by atoms with Crippen molar-refractivity contribution in [1.82, 2.24) is 4.98 Å². The van der Waals surface area contributed by atoms with E-state index in [4.69, 9.17) is 0 Å². The molecule has 0 amide bonds. The third kappa shape index (κ3) is 2.43. The van der Waals surface area contributed by atoms with Crippen LogP contribution in [0.5, 0.6) is 5.75 Å². The Labute approximate surface area is 117 Å². The van der Waals surface area contributed by atoms with Crippen molar-refractivity contribution in [3.8, 4) is 17.0 Å². The lowest BCUT2D eigenvalue weighted by molar-refractivity contribution is 0.471. The van der Waals surface area contributed by atoms with Crippen molar-refractivity contribution in [2.45, 2.75) is 13.8 Å². The lowest BCUT2D eigenvalue weighted by atomic mass is 10.1. The average Bonchev–Trinajstić information content (AvgIpc) is 2.54. The third-order valence-electron chi connectivity index (χ3n) is 2.95. The van der Waals surface area contributed by atoms with Gasteiger partial charge in [-0.2, -0.15) is 0 Å². The van der Waals surface area contributed by atoms with Gasteiger partial charge in [-0.3, -0.25) is 4.79 Å². The number of aromatic amines is 1. The molecule has 0 fully saturated rings. The molecule has 2 N–H and O–H groups in total. The number of benzene rings is 2. The minimum absolute atomic E-state index is 0.236. The molecular weight excluding hydrogens is 250 g/mol. The monoisotopic (exact) mass is 267 g/mol. The summed E-state index contributed by atoms with van der Waals surface area (Å²) < 4.78 is 0. The first kappa shape index (κ1) is 13.9. The molecular formula is C17H17NO2. The summed E-state index contributed by atoms with van der Waals surface area (Å²) in [7, 11) is 0. The summed E-state index contributed by atoms with van der Waals surface area (Å²) in [5, 5.41) is 10.5. The SMILES string of the molecule is CC.O=c1c(O)c(-c2ccccc2)[nH]c2ccccc12. The zero-order valence-corrected chi connectivity index (χ0v) is 11.6. The van der Waals surface area contributed by atoms with Crippen LogP contribution in [0.15, 0.2) is 59.4 Å². The number of hydrogen-bond donors (Lipinski definition) is 2. The molecule has 2 aromatic carbocycles. The minimum Gasteiger partial charge on any atom is -0.503 e. The van der Waals surface area contributed by atoms with Crippen LogP contribution in [0.4, 0.5) is 0 Å². The molecule has 3 nitrogen and oxygen atoms in total. The standard InChI is InChI=1S/C15H11NO2.C2H6/c17-14-11-8-4-5-9-12(11)16-13(15(14)18)10-6-2-1-3-7-10;1-2/h1-9,18H,(H,16,17);1-2H3. The highest BCUT2D eigenvalue weighted by atomic mass is 16.3. The van der Waals surface area contributed by atoms with Gasteiger partial charge >= 0.3 is 0 Å². The molecule has 0 unspecified atom stereocenters. The van der Waals surface area contributed by atoms with E-state index in [0.29, 0.717) is 11.1 Å². The highest BCUT2D eigenvalue weighted by Crippen LogP contribution is 2.25. The van der Waals surface area contributed by atoms with Crippen LogP contribution in [-0.4, -0.2) is 10.1 Å². The van der Waals surface area contributed by atoms with Crippen LogP contribution in [0.2, 0.25) is 0 Å². The first-order valence-electron chi connectivity index (χ1n) is 6.67. The second kappa shape index (κ2) is 6.06. The van der Waals surface area contributed by atoms with Gasteiger partial charge in [-0.25, -0.2) is 0 Å². The van der Waals surface area contributed by atoms with E-state index in [1.54, 1.807) is 12.1 Å². The van der Waals surface area contributed by atoms with Crippen molar-refractivity contribution in [1.29, 1.82) is 0 Å². The maximum absolute atomic E-state index is 12.1. The van der Waals surface area contributed by atoms with Gasteiger partial charge in [0.2, 0.25) is 5.43 Å². The normalized spacial score (nSPS) is 9.90. The van der Waals surface area contributed by atoms with Crippen LogP contribution in [0, 0.1) is 0 Å². The van der Waals surface area contributed by atoms with Crippen LogP contribution in [0.1, 0.15) is 13.8 Å². The smallest absolute Gasteiger partial charge is 0.231 e. The van der Waals surface area contributed by atoms with Gasteiger partial charge in [-0.05, 0) is 12.1 Å². The van der Waals surface area contributed by atoms with Crippen molar-refractivity contribution in [3.63, 3.8) is 0 Å². The van der Waals surface area contributed by atoms with E-state index < -0.39 is 0 Å². The summed E-state index contributed by atoms with van der Waals surface area (Å²) in [6.45, 7) is 4.00. The molecule has 0 aliphatic heterocycles. The Balaban J connectivity index is 0.000000704.